The zero-order chi connectivity index (χ0) is 26.1. The molecular formula is C28H27ClN4O4. The first kappa shape index (κ1) is 24.6. The number of hydrogen-bond donors (Lipinski definition) is 1. The van der Waals surface area contributed by atoms with E-state index in [0.717, 1.165) is 22.4 Å². The van der Waals surface area contributed by atoms with Crippen LogP contribution in [0.2, 0.25) is 5.02 Å². The summed E-state index contributed by atoms with van der Waals surface area (Å²) in [6, 6.07) is 19.6. The van der Waals surface area contributed by atoms with Crippen molar-refractivity contribution in [2.24, 2.45) is 0 Å². The number of benzene rings is 3. The molecule has 4 aromatic rings. The molecule has 9 heteroatoms. The van der Waals surface area contributed by atoms with Gasteiger partial charge in [-0.2, -0.15) is 0 Å². The Hall–Kier alpha value is -4.04. The van der Waals surface area contributed by atoms with E-state index in [1.165, 1.54) is 14.2 Å². The van der Waals surface area contributed by atoms with Crippen molar-refractivity contribution in [1.29, 1.82) is 0 Å². The average molecular weight is 519 g/mol. The van der Waals surface area contributed by atoms with Gasteiger partial charge in [0.05, 0.1) is 48.4 Å². The van der Waals surface area contributed by atoms with Gasteiger partial charge in [-0.1, -0.05) is 54.1 Å². The van der Waals surface area contributed by atoms with E-state index in [-0.39, 0.29) is 24.3 Å². The predicted molar refractivity (Wildman–Crippen MR) is 142 cm³/mol. The molecule has 0 radical (unpaired) electrons. The minimum atomic E-state index is -0.762. The normalized spacial score (nSPS) is 17.0. The minimum absolute atomic E-state index is 0.0863. The number of aromatic nitrogens is 2. The Balaban J connectivity index is 1.50. The van der Waals surface area contributed by atoms with Crippen LogP contribution in [-0.4, -0.2) is 40.5 Å². The summed E-state index contributed by atoms with van der Waals surface area (Å²) >= 11 is 6.28. The lowest BCUT2D eigenvalue weighted by Gasteiger charge is -2.38. The number of carbonyl (C=O) groups excluding carboxylic acids is 2. The van der Waals surface area contributed by atoms with Crippen LogP contribution in [0, 0.1) is 0 Å². The van der Waals surface area contributed by atoms with E-state index < -0.39 is 6.04 Å². The van der Waals surface area contributed by atoms with E-state index >= 15 is 0 Å². The number of anilines is 1. The van der Waals surface area contributed by atoms with Crippen LogP contribution in [0.1, 0.15) is 36.8 Å². The van der Waals surface area contributed by atoms with Crippen molar-refractivity contribution in [3.8, 4) is 11.5 Å². The zero-order valence-electron chi connectivity index (χ0n) is 20.8. The van der Waals surface area contributed by atoms with Gasteiger partial charge in [0.25, 0.3) is 0 Å². The third kappa shape index (κ3) is 4.60. The van der Waals surface area contributed by atoms with Crippen molar-refractivity contribution < 1.29 is 19.1 Å². The molecule has 1 aliphatic rings. The molecule has 0 fully saturated rings. The van der Waals surface area contributed by atoms with E-state index in [0.29, 0.717) is 28.8 Å². The number of para-hydroxylation sites is 2. The number of amides is 2. The number of methoxy groups -OCH3 is 2. The molecule has 0 saturated carbocycles. The molecule has 37 heavy (non-hydrogen) atoms. The van der Waals surface area contributed by atoms with Gasteiger partial charge in [0, 0.05) is 12.6 Å². The molecule has 0 spiro atoms. The van der Waals surface area contributed by atoms with Crippen LogP contribution >= 0.6 is 11.6 Å². The Morgan fingerprint density at radius 3 is 2.46 bits per heavy atom. The van der Waals surface area contributed by atoms with Crippen molar-refractivity contribution in [3.05, 3.63) is 83.1 Å². The quantitative estimate of drug-likeness (QED) is 0.355. The van der Waals surface area contributed by atoms with Crippen molar-refractivity contribution in [3.63, 3.8) is 0 Å². The maximum absolute atomic E-state index is 13.9. The summed E-state index contributed by atoms with van der Waals surface area (Å²) < 4.78 is 12.6. The fraction of sp³-hybridized carbons (Fsp3) is 0.250. The second kappa shape index (κ2) is 10.1. The largest absolute Gasteiger partial charge is 0.495 e. The van der Waals surface area contributed by atoms with Crippen LogP contribution in [-0.2, 0) is 16.1 Å². The van der Waals surface area contributed by atoms with E-state index in [1.54, 1.807) is 17.0 Å². The molecule has 0 bridgehead atoms. The van der Waals surface area contributed by atoms with Crippen molar-refractivity contribution in [2.45, 2.75) is 32.0 Å². The van der Waals surface area contributed by atoms with Gasteiger partial charge >= 0.3 is 0 Å². The van der Waals surface area contributed by atoms with Gasteiger partial charge in [0.15, 0.2) is 0 Å². The molecule has 3 aromatic carbocycles. The highest BCUT2D eigenvalue weighted by atomic mass is 35.5. The van der Waals surface area contributed by atoms with Crippen LogP contribution in [0.25, 0.3) is 11.0 Å². The Kier molecular flexibility index (Phi) is 6.76. The van der Waals surface area contributed by atoms with Gasteiger partial charge in [-0.3, -0.25) is 9.59 Å². The molecule has 0 saturated heterocycles. The molecule has 1 N–H and O–H groups in total. The fourth-order valence-electron chi connectivity index (χ4n) is 4.83. The minimum Gasteiger partial charge on any atom is -0.495 e. The Labute approximate surface area is 219 Å². The molecule has 0 aliphatic carbocycles. The van der Waals surface area contributed by atoms with Crippen molar-refractivity contribution in [1.82, 2.24) is 14.5 Å². The lowest BCUT2D eigenvalue weighted by Crippen LogP contribution is -2.45. The van der Waals surface area contributed by atoms with E-state index in [9.17, 15) is 9.59 Å². The van der Waals surface area contributed by atoms with Crippen molar-refractivity contribution >= 4 is 40.1 Å². The van der Waals surface area contributed by atoms with Crippen LogP contribution < -0.4 is 14.8 Å². The molecule has 8 nitrogen and oxygen atoms in total. The molecule has 1 aromatic heterocycles. The second-order valence-corrected chi connectivity index (χ2v) is 9.32. The summed E-state index contributed by atoms with van der Waals surface area (Å²) in [7, 11) is 3.00. The van der Waals surface area contributed by atoms with Gasteiger partial charge in [0.1, 0.15) is 23.4 Å². The fourth-order valence-corrected chi connectivity index (χ4v) is 5.07. The van der Waals surface area contributed by atoms with Crippen LogP contribution in [0.4, 0.5) is 5.69 Å². The van der Waals surface area contributed by atoms with Gasteiger partial charge in [-0.05, 0) is 30.7 Å². The number of ether oxygens (including phenoxy) is 2. The number of rotatable bonds is 7. The smallest absolute Gasteiger partial charge is 0.247 e. The van der Waals surface area contributed by atoms with Crippen LogP contribution in [0.3, 0.4) is 0 Å². The van der Waals surface area contributed by atoms with Gasteiger partial charge in [0.2, 0.25) is 11.8 Å². The molecule has 5 rings (SSSR count). The van der Waals surface area contributed by atoms with Crippen molar-refractivity contribution in [2.75, 3.05) is 19.5 Å². The van der Waals surface area contributed by atoms with E-state index in [2.05, 4.69) is 5.32 Å². The van der Waals surface area contributed by atoms with Gasteiger partial charge < -0.3 is 24.3 Å². The standard InChI is InChI=1S/C28H27ClN4O4/c1-17-27-31-20-11-7-8-12-22(20)33(27)23(28(35)32(17)16-18-9-5-4-6-10-18)14-26(34)30-21-13-19(29)24(36-2)15-25(21)37-3/h4-13,15,17,23H,14,16H2,1-3H3,(H,30,34)/t17-,23-/m1/s1. The topological polar surface area (TPSA) is 85.7 Å². The number of halogens is 1. The lowest BCUT2D eigenvalue weighted by molar-refractivity contribution is -0.142. The first-order valence-corrected chi connectivity index (χ1v) is 12.3. The highest BCUT2D eigenvalue weighted by Gasteiger charge is 2.40. The molecule has 2 heterocycles. The van der Waals surface area contributed by atoms with E-state index in [1.807, 2.05) is 66.1 Å². The summed E-state index contributed by atoms with van der Waals surface area (Å²) in [5, 5.41) is 3.19. The average Bonchev–Trinajstić information content (AvgIpc) is 3.30. The Bertz CT molecular complexity index is 1470. The number of nitrogens with zero attached hydrogens (tertiary/aromatic N) is 3. The second-order valence-electron chi connectivity index (χ2n) is 8.91. The number of imidazole rings is 1. The third-order valence-electron chi connectivity index (χ3n) is 6.67. The molecule has 2 atom stereocenters. The van der Waals surface area contributed by atoms with Gasteiger partial charge in [-0.25, -0.2) is 4.98 Å². The Morgan fingerprint density at radius 2 is 1.73 bits per heavy atom. The third-order valence-corrected chi connectivity index (χ3v) is 6.96. The zero-order valence-corrected chi connectivity index (χ0v) is 21.5. The highest BCUT2D eigenvalue weighted by molar-refractivity contribution is 6.32. The van der Waals surface area contributed by atoms with Crippen LogP contribution in [0.15, 0.2) is 66.7 Å². The summed E-state index contributed by atoms with van der Waals surface area (Å²) in [5.41, 5.74) is 3.01. The summed E-state index contributed by atoms with van der Waals surface area (Å²) in [6.07, 6.45) is -0.0863. The lowest BCUT2D eigenvalue weighted by atomic mass is 10.0. The Morgan fingerprint density at radius 1 is 1.03 bits per heavy atom. The number of fused-ring (bicyclic) bond motifs is 3. The first-order chi connectivity index (χ1) is 17.9. The number of nitrogens with one attached hydrogen (secondary N) is 1. The molecule has 0 unspecified atom stereocenters. The monoisotopic (exact) mass is 518 g/mol. The number of hydrogen-bond acceptors (Lipinski definition) is 5. The SMILES string of the molecule is COc1cc(OC)c(NC(=O)C[C@@H]2C(=O)N(Cc3ccccc3)[C@H](C)c3nc4ccccc4n32)cc1Cl. The maximum Gasteiger partial charge on any atom is 0.247 e. The number of carbonyl (C=O) groups is 2. The van der Waals surface area contributed by atoms with Crippen LogP contribution in [0.5, 0.6) is 11.5 Å². The summed E-state index contributed by atoms with van der Waals surface area (Å²) in [6.45, 7) is 2.39. The van der Waals surface area contributed by atoms with Gasteiger partial charge in [-0.15, -0.1) is 0 Å². The highest BCUT2D eigenvalue weighted by Crippen LogP contribution is 2.39. The first-order valence-electron chi connectivity index (χ1n) is 11.9. The summed E-state index contributed by atoms with van der Waals surface area (Å²) in [4.78, 5) is 33.9. The molecule has 1 aliphatic heterocycles. The maximum atomic E-state index is 13.9. The summed E-state index contributed by atoms with van der Waals surface area (Å²) in [5.74, 6) is 1.09. The molecular weight excluding hydrogens is 492 g/mol. The predicted octanol–water partition coefficient (Wildman–Crippen LogP) is 5.38. The van der Waals surface area contributed by atoms with E-state index in [4.69, 9.17) is 26.1 Å². The molecule has 2 amide bonds. The molecule has 190 valence electrons.